The summed E-state index contributed by atoms with van der Waals surface area (Å²) < 4.78 is 1.35. The van der Waals surface area contributed by atoms with Gasteiger partial charge in [-0.15, -0.1) is 0 Å². The molecule has 0 spiro atoms. The molecule has 32 heavy (non-hydrogen) atoms. The predicted molar refractivity (Wildman–Crippen MR) is 116 cm³/mol. The molecule has 12 heteroatoms. The molecule has 0 aliphatic rings. The topological polar surface area (TPSA) is 145 Å². The number of hydrazone groups is 1. The predicted octanol–water partition coefficient (Wildman–Crippen LogP) is 2.31. The van der Waals surface area contributed by atoms with E-state index in [0.29, 0.717) is 15.8 Å². The molecule has 1 aromatic carbocycles. The number of hydrogen-bond acceptors (Lipinski definition) is 9. The Morgan fingerprint density at radius 3 is 2.75 bits per heavy atom. The summed E-state index contributed by atoms with van der Waals surface area (Å²) in [5.74, 6) is -0.667. The Morgan fingerprint density at radius 1 is 1.16 bits per heavy atom. The van der Waals surface area contributed by atoms with Gasteiger partial charge in [0.15, 0.2) is 5.16 Å². The minimum atomic E-state index is -0.667. The average molecular weight is 447 g/mol. The van der Waals surface area contributed by atoms with Crippen LogP contribution in [-0.2, 0) is 0 Å². The fraction of sp³-hybridized carbons (Fsp3) is 0. The van der Waals surface area contributed by atoms with E-state index in [2.05, 4.69) is 25.5 Å². The van der Waals surface area contributed by atoms with Crippen LogP contribution in [0.1, 0.15) is 15.9 Å². The molecule has 0 saturated carbocycles. The number of carbonyl (C=O) groups is 1. The number of nitrogens with one attached hydrogen (secondary N) is 1. The highest BCUT2D eigenvalue weighted by atomic mass is 32.2. The SMILES string of the molecule is O=C(N/N=C\c1c(Sc2ncccn2)nc2ccccn2c1=O)c1cccc([N+](=O)[O-])c1. The van der Waals surface area contributed by atoms with Gasteiger partial charge >= 0.3 is 0 Å². The largest absolute Gasteiger partial charge is 0.271 e. The molecule has 1 amide bonds. The van der Waals surface area contributed by atoms with E-state index < -0.39 is 16.4 Å². The van der Waals surface area contributed by atoms with E-state index in [0.717, 1.165) is 17.8 Å². The molecule has 0 bridgehead atoms. The van der Waals surface area contributed by atoms with Crippen molar-refractivity contribution in [3.05, 3.63) is 98.7 Å². The zero-order valence-electron chi connectivity index (χ0n) is 16.2. The number of carbonyl (C=O) groups excluding carboxylic acids is 1. The Balaban J connectivity index is 1.66. The van der Waals surface area contributed by atoms with Gasteiger partial charge in [0.25, 0.3) is 17.2 Å². The molecule has 4 aromatic rings. The van der Waals surface area contributed by atoms with E-state index in [1.807, 2.05) is 0 Å². The summed E-state index contributed by atoms with van der Waals surface area (Å²) in [5, 5.41) is 15.4. The van der Waals surface area contributed by atoms with E-state index in [-0.39, 0.29) is 16.8 Å². The van der Waals surface area contributed by atoms with Crippen LogP contribution in [0.3, 0.4) is 0 Å². The van der Waals surface area contributed by atoms with E-state index in [1.54, 1.807) is 42.9 Å². The third kappa shape index (κ3) is 4.49. The van der Waals surface area contributed by atoms with Crippen molar-refractivity contribution in [3.63, 3.8) is 0 Å². The molecule has 3 heterocycles. The maximum absolute atomic E-state index is 13.0. The number of hydrogen-bond donors (Lipinski definition) is 1. The Kier molecular flexibility index (Phi) is 5.94. The van der Waals surface area contributed by atoms with E-state index in [4.69, 9.17) is 0 Å². The lowest BCUT2D eigenvalue weighted by Crippen LogP contribution is -2.23. The number of nitro benzene ring substituents is 1. The summed E-state index contributed by atoms with van der Waals surface area (Å²) in [5.41, 5.74) is 2.24. The molecule has 11 nitrogen and oxygen atoms in total. The first kappa shape index (κ1) is 20.8. The van der Waals surface area contributed by atoms with Gasteiger partial charge in [-0.05, 0) is 36.0 Å². The van der Waals surface area contributed by atoms with Crippen LogP contribution in [0.25, 0.3) is 5.65 Å². The molecular formula is C20H13N7O4S. The Morgan fingerprint density at radius 2 is 1.97 bits per heavy atom. The highest BCUT2D eigenvalue weighted by Gasteiger charge is 2.15. The first-order valence-corrected chi connectivity index (χ1v) is 9.89. The molecule has 1 N–H and O–H groups in total. The third-order valence-corrected chi connectivity index (χ3v) is 5.04. The molecule has 0 aliphatic heterocycles. The Bertz CT molecular complexity index is 1410. The molecule has 0 fully saturated rings. The summed E-state index contributed by atoms with van der Waals surface area (Å²) in [7, 11) is 0. The second-order valence-electron chi connectivity index (χ2n) is 6.20. The highest BCUT2D eigenvalue weighted by Crippen LogP contribution is 2.24. The minimum Gasteiger partial charge on any atom is -0.268 e. The fourth-order valence-corrected chi connectivity index (χ4v) is 3.47. The van der Waals surface area contributed by atoms with Crippen LogP contribution in [0.15, 0.2) is 87.2 Å². The maximum atomic E-state index is 13.0. The van der Waals surface area contributed by atoms with Crippen molar-refractivity contribution >= 4 is 35.2 Å². The smallest absolute Gasteiger partial charge is 0.268 e. The monoisotopic (exact) mass is 447 g/mol. The van der Waals surface area contributed by atoms with Gasteiger partial charge in [0.2, 0.25) is 0 Å². The van der Waals surface area contributed by atoms with E-state index in [1.165, 1.54) is 28.8 Å². The van der Waals surface area contributed by atoms with E-state index >= 15 is 0 Å². The number of fused-ring (bicyclic) bond motifs is 1. The van der Waals surface area contributed by atoms with Crippen LogP contribution in [0.2, 0.25) is 0 Å². The number of pyridine rings is 1. The molecule has 0 aliphatic carbocycles. The van der Waals surface area contributed by atoms with Gasteiger partial charge in [-0.25, -0.2) is 20.4 Å². The molecule has 0 unspecified atom stereocenters. The number of aromatic nitrogens is 4. The second kappa shape index (κ2) is 9.14. The highest BCUT2D eigenvalue weighted by molar-refractivity contribution is 7.99. The third-order valence-electron chi connectivity index (χ3n) is 4.14. The molecule has 0 radical (unpaired) electrons. The standard InChI is InChI=1S/C20H13N7O4S/c28-17(13-5-3-6-14(11-13)27(30)31)25-23-12-15-18(32-20-21-8-4-9-22-20)24-16-7-1-2-10-26(16)19(15)29/h1-12H,(H,25,28)/b23-12-. The van der Waals surface area contributed by atoms with Crippen molar-refractivity contribution in [2.45, 2.75) is 10.2 Å². The summed E-state index contributed by atoms with van der Waals surface area (Å²) in [6.07, 6.45) is 5.87. The zero-order chi connectivity index (χ0) is 22.5. The van der Waals surface area contributed by atoms with Crippen molar-refractivity contribution in [2.75, 3.05) is 0 Å². The van der Waals surface area contributed by atoms with Gasteiger partial charge in [-0.1, -0.05) is 12.1 Å². The molecular weight excluding hydrogens is 434 g/mol. The lowest BCUT2D eigenvalue weighted by atomic mass is 10.2. The molecule has 0 atom stereocenters. The summed E-state index contributed by atoms with van der Waals surface area (Å²) >= 11 is 1.08. The van der Waals surface area contributed by atoms with Gasteiger partial charge in [0.1, 0.15) is 10.7 Å². The molecule has 158 valence electrons. The molecule has 4 rings (SSSR count). The number of benzene rings is 1. The fourth-order valence-electron chi connectivity index (χ4n) is 2.68. The molecule has 3 aromatic heterocycles. The first-order chi connectivity index (χ1) is 15.5. The van der Waals surface area contributed by atoms with Gasteiger partial charge < -0.3 is 0 Å². The van der Waals surface area contributed by atoms with Gasteiger partial charge in [0.05, 0.1) is 16.7 Å². The van der Waals surface area contributed by atoms with Crippen molar-refractivity contribution in [3.8, 4) is 0 Å². The van der Waals surface area contributed by atoms with Crippen LogP contribution in [0.5, 0.6) is 0 Å². The van der Waals surface area contributed by atoms with Crippen molar-refractivity contribution < 1.29 is 9.72 Å². The maximum Gasteiger partial charge on any atom is 0.271 e. The number of non-ortho nitro benzene ring substituents is 1. The van der Waals surface area contributed by atoms with Gasteiger partial charge in [0, 0.05) is 36.3 Å². The summed E-state index contributed by atoms with van der Waals surface area (Å²) in [6, 6.07) is 12.0. The van der Waals surface area contributed by atoms with Crippen LogP contribution < -0.4 is 11.0 Å². The molecule has 0 saturated heterocycles. The Hall–Kier alpha value is -4.45. The lowest BCUT2D eigenvalue weighted by molar-refractivity contribution is -0.384. The van der Waals surface area contributed by atoms with Crippen LogP contribution in [-0.4, -0.2) is 36.4 Å². The number of rotatable bonds is 6. The van der Waals surface area contributed by atoms with Crippen LogP contribution in [0, 0.1) is 10.1 Å². The summed E-state index contributed by atoms with van der Waals surface area (Å²) in [4.78, 5) is 48.3. The van der Waals surface area contributed by atoms with Crippen molar-refractivity contribution in [1.29, 1.82) is 0 Å². The number of nitro groups is 1. The van der Waals surface area contributed by atoms with E-state index in [9.17, 15) is 19.7 Å². The van der Waals surface area contributed by atoms with Gasteiger partial charge in [-0.2, -0.15) is 5.10 Å². The lowest BCUT2D eigenvalue weighted by Gasteiger charge is -2.07. The minimum absolute atomic E-state index is 0.0528. The number of amides is 1. The first-order valence-electron chi connectivity index (χ1n) is 9.07. The van der Waals surface area contributed by atoms with Gasteiger partial charge in [-0.3, -0.25) is 24.1 Å². The van der Waals surface area contributed by atoms with Crippen LogP contribution >= 0.6 is 11.8 Å². The average Bonchev–Trinajstić information content (AvgIpc) is 2.81. The van der Waals surface area contributed by atoms with Crippen molar-refractivity contribution in [2.24, 2.45) is 5.10 Å². The van der Waals surface area contributed by atoms with Crippen LogP contribution in [0.4, 0.5) is 5.69 Å². The number of nitrogens with zero attached hydrogens (tertiary/aromatic N) is 6. The summed E-state index contributed by atoms with van der Waals surface area (Å²) in [6.45, 7) is 0. The normalized spacial score (nSPS) is 11.0. The van der Waals surface area contributed by atoms with Crippen molar-refractivity contribution in [1.82, 2.24) is 24.8 Å². The quantitative estimate of drug-likeness (QED) is 0.156. The zero-order valence-corrected chi connectivity index (χ0v) is 17.0. The second-order valence-corrected chi connectivity index (χ2v) is 7.16. The Labute approximate surface area is 184 Å².